The molecular formula is C16H16N2S2. The van der Waals surface area contributed by atoms with Crippen molar-refractivity contribution in [2.75, 3.05) is 18.5 Å². The van der Waals surface area contributed by atoms with E-state index in [9.17, 15) is 0 Å². The molecule has 0 fully saturated rings. The van der Waals surface area contributed by atoms with E-state index < -0.39 is 0 Å². The summed E-state index contributed by atoms with van der Waals surface area (Å²) >= 11 is 6.10. The Kier molecular flexibility index (Phi) is 3.94. The Morgan fingerprint density at radius 3 is 2.75 bits per heavy atom. The van der Waals surface area contributed by atoms with Crippen molar-refractivity contribution in [3.8, 4) is 0 Å². The minimum atomic E-state index is 0.970. The zero-order chi connectivity index (χ0) is 13.9. The van der Waals surface area contributed by atoms with E-state index in [0.717, 1.165) is 28.5 Å². The van der Waals surface area contributed by atoms with Crippen molar-refractivity contribution < 1.29 is 0 Å². The molecule has 0 atom stereocenters. The number of aromatic nitrogens is 1. The number of nitrogens with zero attached hydrogens (tertiary/aromatic N) is 2. The minimum absolute atomic E-state index is 0.970. The normalized spacial score (nSPS) is 10.9. The van der Waals surface area contributed by atoms with Gasteiger partial charge in [-0.2, -0.15) is 0 Å². The molecule has 0 bridgehead atoms. The summed E-state index contributed by atoms with van der Waals surface area (Å²) in [4.78, 5) is 7.88. The van der Waals surface area contributed by atoms with Crippen molar-refractivity contribution in [2.45, 2.75) is 11.3 Å². The second kappa shape index (κ2) is 5.85. The van der Waals surface area contributed by atoms with Gasteiger partial charge in [-0.05, 0) is 30.2 Å². The monoisotopic (exact) mass is 300 g/mol. The van der Waals surface area contributed by atoms with Crippen LogP contribution in [0.2, 0.25) is 0 Å². The van der Waals surface area contributed by atoms with Crippen LogP contribution < -0.4 is 4.90 Å². The third-order valence-electron chi connectivity index (χ3n) is 3.27. The van der Waals surface area contributed by atoms with E-state index in [1.807, 2.05) is 12.1 Å². The van der Waals surface area contributed by atoms with Gasteiger partial charge in [0.1, 0.15) is 0 Å². The minimum Gasteiger partial charge on any atom is -0.351 e. The maximum absolute atomic E-state index is 4.68. The number of likely N-dealkylation sites (N-methyl/N-ethyl adjacent to an activating group) is 1. The van der Waals surface area contributed by atoms with Gasteiger partial charge in [0.2, 0.25) is 0 Å². The predicted octanol–water partition coefficient (Wildman–Crippen LogP) is 4.26. The quantitative estimate of drug-likeness (QED) is 0.725. The first-order chi connectivity index (χ1) is 9.72. The molecule has 0 aliphatic carbocycles. The molecule has 0 saturated carbocycles. The first-order valence-electron chi connectivity index (χ1n) is 6.57. The van der Waals surface area contributed by atoms with Crippen LogP contribution in [0.4, 0.5) is 5.13 Å². The summed E-state index contributed by atoms with van der Waals surface area (Å²) in [5.74, 6) is 0. The third kappa shape index (κ3) is 2.97. The highest BCUT2D eigenvalue weighted by atomic mass is 32.1. The number of thiazole rings is 1. The van der Waals surface area contributed by atoms with Gasteiger partial charge in [-0.25, -0.2) is 4.98 Å². The first kappa shape index (κ1) is 13.5. The standard InChI is InChI=1S/C16H16N2S2/c1-18(10-9-12-5-3-2-4-6-12)16-17-14-8-7-13(19)11-15(14)20-16/h2-8,11,19H,9-10H2,1H3. The van der Waals surface area contributed by atoms with Crippen LogP contribution >= 0.6 is 24.0 Å². The van der Waals surface area contributed by atoms with Crippen molar-refractivity contribution >= 4 is 39.3 Å². The van der Waals surface area contributed by atoms with Gasteiger partial charge in [-0.15, -0.1) is 12.6 Å². The highest BCUT2D eigenvalue weighted by Crippen LogP contribution is 2.29. The van der Waals surface area contributed by atoms with Crippen LogP contribution in [0.1, 0.15) is 5.56 Å². The maximum atomic E-state index is 4.68. The fourth-order valence-corrected chi connectivity index (χ4v) is 3.38. The van der Waals surface area contributed by atoms with Crippen molar-refractivity contribution in [3.63, 3.8) is 0 Å². The van der Waals surface area contributed by atoms with Crippen molar-refractivity contribution in [1.82, 2.24) is 4.98 Å². The Morgan fingerprint density at radius 1 is 1.15 bits per heavy atom. The van der Waals surface area contributed by atoms with Crippen LogP contribution in [-0.2, 0) is 6.42 Å². The summed E-state index contributed by atoms with van der Waals surface area (Å²) < 4.78 is 1.19. The number of hydrogen-bond acceptors (Lipinski definition) is 4. The van der Waals surface area contributed by atoms with E-state index in [0.29, 0.717) is 0 Å². The van der Waals surface area contributed by atoms with Gasteiger partial charge in [-0.3, -0.25) is 0 Å². The van der Waals surface area contributed by atoms with Crippen LogP contribution in [0, 0.1) is 0 Å². The molecule has 20 heavy (non-hydrogen) atoms. The average Bonchev–Trinajstić information content (AvgIpc) is 2.89. The number of fused-ring (bicyclic) bond motifs is 1. The Morgan fingerprint density at radius 2 is 1.95 bits per heavy atom. The van der Waals surface area contributed by atoms with Crippen LogP contribution in [0.15, 0.2) is 53.4 Å². The topological polar surface area (TPSA) is 16.1 Å². The first-order valence-corrected chi connectivity index (χ1v) is 7.83. The summed E-state index contributed by atoms with van der Waals surface area (Å²) in [5, 5.41) is 1.06. The number of benzene rings is 2. The molecule has 0 unspecified atom stereocenters. The molecule has 0 spiro atoms. The molecule has 2 aromatic carbocycles. The van der Waals surface area contributed by atoms with Gasteiger partial charge in [-0.1, -0.05) is 41.7 Å². The predicted molar refractivity (Wildman–Crippen MR) is 90.3 cm³/mol. The lowest BCUT2D eigenvalue weighted by Crippen LogP contribution is -2.19. The molecule has 3 aromatic rings. The Bertz CT molecular complexity index is 707. The van der Waals surface area contributed by atoms with Gasteiger partial charge >= 0.3 is 0 Å². The molecule has 0 N–H and O–H groups in total. The molecule has 102 valence electrons. The number of anilines is 1. The van der Waals surface area contributed by atoms with Gasteiger partial charge in [0.05, 0.1) is 10.2 Å². The number of thiol groups is 1. The molecule has 1 heterocycles. The van der Waals surface area contributed by atoms with Crippen LogP contribution in [0.5, 0.6) is 0 Å². The molecule has 4 heteroatoms. The number of rotatable bonds is 4. The Labute approximate surface area is 128 Å². The van der Waals surface area contributed by atoms with E-state index in [4.69, 9.17) is 0 Å². The summed E-state index contributed by atoms with van der Waals surface area (Å²) in [7, 11) is 2.10. The van der Waals surface area contributed by atoms with Crippen molar-refractivity contribution in [1.29, 1.82) is 0 Å². The Hall–Kier alpha value is -1.52. The fraction of sp³-hybridized carbons (Fsp3) is 0.188. The molecule has 0 aliphatic heterocycles. The third-order valence-corrected chi connectivity index (χ3v) is 4.68. The van der Waals surface area contributed by atoms with E-state index in [1.54, 1.807) is 11.3 Å². The highest BCUT2D eigenvalue weighted by molar-refractivity contribution is 7.80. The van der Waals surface area contributed by atoms with Crippen molar-refractivity contribution in [2.24, 2.45) is 0 Å². The fourth-order valence-electron chi connectivity index (χ4n) is 2.10. The largest absolute Gasteiger partial charge is 0.351 e. The maximum Gasteiger partial charge on any atom is 0.186 e. The molecule has 3 rings (SSSR count). The van der Waals surface area contributed by atoms with Crippen LogP contribution in [-0.4, -0.2) is 18.6 Å². The van der Waals surface area contributed by atoms with E-state index in [1.165, 1.54) is 10.3 Å². The second-order valence-electron chi connectivity index (χ2n) is 4.81. The van der Waals surface area contributed by atoms with Gasteiger partial charge in [0.15, 0.2) is 5.13 Å². The summed E-state index contributed by atoms with van der Waals surface area (Å²) in [5.41, 5.74) is 2.41. The molecule has 2 nitrogen and oxygen atoms in total. The molecule has 0 radical (unpaired) electrons. The molecular weight excluding hydrogens is 284 g/mol. The number of hydrogen-bond donors (Lipinski definition) is 1. The summed E-state index contributed by atoms with van der Waals surface area (Å²) in [6, 6.07) is 16.6. The van der Waals surface area contributed by atoms with Gasteiger partial charge in [0, 0.05) is 18.5 Å². The lowest BCUT2D eigenvalue weighted by molar-refractivity contribution is 0.873. The summed E-state index contributed by atoms with van der Waals surface area (Å²) in [6.07, 6.45) is 1.03. The molecule has 0 amide bonds. The second-order valence-corrected chi connectivity index (χ2v) is 6.33. The van der Waals surface area contributed by atoms with Crippen LogP contribution in [0.3, 0.4) is 0 Å². The zero-order valence-corrected chi connectivity index (χ0v) is 13.0. The zero-order valence-electron chi connectivity index (χ0n) is 11.3. The highest BCUT2D eigenvalue weighted by Gasteiger charge is 2.08. The summed E-state index contributed by atoms with van der Waals surface area (Å²) in [6.45, 7) is 0.970. The van der Waals surface area contributed by atoms with Gasteiger partial charge < -0.3 is 4.90 Å². The van der Waals surface area contributed by atoms with Gasteiger partial charge in [0.25, 0.3) is 0 Å². The average molecular weight is 300 g/mol. The lowest BCUT2D eigenvalue weighted by atomic mass is 10.1. The molecule has 0 saturated heterocycles. The lowest BCUT2D eigenvalue weighted by Gasteiger charge is -2.15. The molecule has 1 aromatic heterocycles. The SMILES string of the molecule is CN(CCc1ccccc1)c1nc2ccc(S)cc2s1. The van der Waals surface area contributed by atoms with E-state index in [-0.39, 0.29) is 0 Å². The van der Waals surface area contributed by atoms with E-state index >= 15 is 0 Å². The Balaban J connectivity index is 1.73. The van der Waals surface area contributed by atoms with Crippen LogP contribution in [0.25, 0.3) is 10.2 Å². The molecule has 0 aliphatic rings. The van der Waals surface area contributed by atoms with Crippen molar-refractivity contribution in [3.05, 3.63) is 54.1 Å². The van der Waals surface area contributed by atoms with E-state index in [2.05, 4.69) is 66.0 Å². The smallest absolute Gasteiger partial charge is 0.186 e.